The number of hydrogen-bond donors (Lipinski definition) is 2. The molecule has 1 aliphatic carbocycles. The Morgan fingerprint density at radius 3 is 2.52 bits per heavy atom. The maximum atomic E-state index is 12.1. The minimum absolute atomic E-state index is 0.131. The number of carboxylic acids is 1. The van der Waals surface area contributed by atoms with Crippen LogP contribution in [0.15, 0.2) is 18.2 Å². The summed E-state index contributed by atoms with van der Waals surface area (Å²) >= 11 is 8.13. The molecule has 0 spiro atoms. The molecule has 1 aliphatic rings. The highest BCUT2D eigenvalue weighted by atomic mass is 127. The summed E-state index contributed by atoms with van der Waals surface area (Å²) in [5.74, 6) is -0.685. The van der Waals surface area contributed by atoms with Gasteiger partial charge >= 0.3 is 5.97 Å². The topological polar surface area (TPSA) is 66.4 Å². The van der Waals surface area contributed by atoms with Crippen LogP contribution in [0.1, 0.15) is 36.0 Å². The molecule has 21 heavy (non-hydrogen) atoms. The fourth-order valence-electron chi connectivity index (χ4n) is 2.59. The molecule has 0 bridgehead atoms. The van der Waals surface area contributed by atoms with Gasteiger partial charge in [-0.1, -0.05) is 11.6 Å². The van der Waals surface area contributed by atoms with Gasteiger partial charge in [-0.2, -0.15) is 0 Å². The summed E-state index contributed by atoms with van der Waals surface area (Å²) in [5, 5.41) is 12.4. The standard InChI is InChI=1S/C15H17ClINO3/c16-12-7-11(5-6-13(12)17)14(19)18-8-9-1-3-10(4-2-9)15(20)21/h5-7,9-10H,1-4,8H2,(H,18,19)(H,20,21). The van der Waals surface area contributed by atoms with Gasteiger partial charge in [0.2, 0.25) is 0 Å². The summed E-state index contributed by atoms with van der Waals surface area (Å²) in [4.78, 5) is 22.9. The first-order valence-corrected chi connectivity index (χ1v) is 8.39. The van der Waals surface area contributed by atoms with Gasteiger partial charge in [0.1, 0.15) is 0 Å². The predicted octanol–water partition coefficient (Wildman–Crippen LogP) is 3.57. The second-order valence-corrected chi connectivity index (χ2v) is 6.96. The molecule has 0 aromatic heterocycles. The summed E-state index contributed by atoms with van der Waals surface area (Å²) in [7, 11) is 0. The van der Waals surface area contributed by atoms with Crippen LogP contribution in [0.4, 0.5) is 0 Å². The molecule has 1 fully saturated rings. The van der Waals surface area contributed by atoms with Crippen LogP contribution >= 0.6 is 34.2 Å². The summed E-state index contributed by atoms with van der Waals surface area (Å²) < 4.78 is 0.915. The van der Waals surface area contributed by atoms with Crippen molar-refractivity contribution in [3.63, 3.8) is 0 Å². The van der Waals surface area contributed by atoms with E-state index in [9.17, 15) is 9.59 Å². The van der Waals surface area contributed by atoms with Crippen molar-refractivity contribution in [3.05, 3.63) is 32.4 Å². The molecule has 0 saturated heterocycles. The number of hydrogen-bond acceptors (Lipinski definition) is 2. The maximum Gasteiger partial charge on any atom is 0.306 e. The third kappa shape index (κ3) is 4.57. The van der Waals surface area contributed by atoms with Crippen LogP contribution in [0.25, 0.3) is 0 Å². The lowest BCUT2D eigenvalue weighted by molar-refractivity contribution is -0.143. The van der Waals surface area contributed by atoms with Crippen LogP contribution in [-0.2, 0) is 4.79 Å². The van der Waals surface area contributed by atoms with Gasteiger partial charge in [0.25, 0.3) is 5.91 Å². The molecule has 0 unspecified atom stereocenters. The molecule has 0 atom stereocenters. The third-order valence-corrected chi connectivity index (χ3v) is 5.50. The van der Waals surface area contributed by atoms with Gasteiger partial charge in [0.05, 0.1) is 10.9 Å². The van der Waals surface area contributed by atoms with E-state index in [0.717, 1.165) is 16.4 Å². The number of carbonyl (C=O) groups excluding carboxylic acids is 1. The van der Waals surface area contributed by atoms with E-state index in [1.54, 1.807) is 12.1 Å². The molecule has 6 heteroatoms. The number of nitrogens with one attached hydrogen (secondary N) is 1. The molecule has 0 radical (unpaired) electrons. The summed E-state index contributed by atoms with van der Waals surface area (Å²) in [6, 6.07) is 5.24. The van der Waals surface area contributed by atoms with Gasteiger partial charge < -0.3 is 10.4 Å². The molecule has 1 aromatic rings. The Kier molecular flexibility index (Phi) is 5.87. The fourth-order valence-corrected chi connectivity index (χ4v) is 3.11. The smallest absolute Gasteiger partial charge is 0.306 e. The van der Waals surface area contributed by atoms with Crippen LogP contribution in [-0.4, -0.2) is 23.5 Å². The highest BCUT2D eigenvalue weighted by Crippen LogP contribution is 2.28. The molecule has 0 aliphatic heterocycles. The minimum Gasteiger partial charge on any atom is -0.481 e. The van der Waals surface area contributed by atoms with Crippen molar-refractivity contribution in [1.82, 2.24) is 5.32 Å². The van der Waals surface area contributed by atoms with Crippen LogP contribution in [0.5, 0.6) is 0 Å². The van der Waals surface area contributed by atoms with E-state index in [1.807, 2.05) is 6.07 Å². The van der Waals surface area contributed by atoms with Gasteiger partial charge in [-0.25, -0.2) is 0 Å². The van der Waals surface area contributed by atoms with Gasteiger partial charge in [-0.15, -0.1) is 0 Å². The lowest BCUT2D eigenvalue weighted by atomic mass is 9.82. The fraction of sp³-hybridized carbons (Fsp3) is 0.467. The molecule has 2 rings (SSSR count). The average Bonchev–Trinajstić information content (AvgIpc) is 2.48. The van der Waals surface area contributed by atoms with Gasteiger partial charge in [-0.05, 0) is 72.4 Å². The SMILES string of the molecule is O=C(NCC1CCC(C(=O)O)CC1)c1ccc(I)c(Cl)c1. The molecule has 1 amide bonds. The van der Waals surface area contributed by atoms with E-state index in [4.69, 9.17) is 16.7 Å². The first-order valence-electron chi connectivity index (χ1n) is 6.93. The highest BCUT2D eigenvalue weighted by molar-refractivity contribution is 14.1. The van der Waals surface area contributed by atoms with Crippen molar-refractivity contribution < 1.29 is 14.7 Å². The highest BCUT2D eigenvalue weighted by Gasteiger charge is 2.26. The van der Waals surface area contributed by atoms with Crippen molar-refractivity contribution in [3.8, 4) is 0 Å². The maximum absolute atomic E-state index is 12.1. The Bertz CT molecular complexity index is 542. The van der Waals surface area contributed by atoms with Crippen LogP contribution in [0.3, 0.4) is 0 Å². The average molecular weight is 422 g/mol. The van der Waals surface area contributed by atoms with Crippen molar-refractivity contribution in [2.75, 3.05) is 6.54 Å². The quantitative estimate of drug-likeness (QED) is 0.731. The molecule has 1 saturated carbocycles. The summed E-state index contributed by atoms with van der Waals surface area (Å²) in [6.45, 7) is 0.592. The molecular formula is C15H17ClINO3. The van der Waals surface area contributed by atoms with Crippen molar-refractivity contribution in [1.29, 1.82) is 0 Å². The van der Waals surface area contributed by atoms with Crippen LogP contribution in [0.2, 0.25) is 5.02 Å². The number of benzene rings is 1. The lowest BCUT2D eigenvalue weighted by Crippen LogP contribution is -2.32. The Morgan fingerprint density at radius 1 is 1.29 bits per heavy atom. The Morgan fingerprint density at radius 2 is 1.95 bits per heavy atom. The van der Waals surface area contributed by atoms with Crippen molar-refractivity contribution >= 4 is 46.1 Å². The zero-order valence-corrected chi connectivity index (χ0v) is 14.4. The zero-order chi connectivity index (χ0) is 15.4. The third-order valence-electron chi connectivity index (χ3n) is 3.93. The number of carboxylic acid groups (broad SMARTS) is 1. The van der Waals surface area contributed by atoms with Gasteiger partial charge in [0, 0.05) is 15.7 Å². The predicted molar refractivity (Wildman–Crippen MR) is 89.6 cm³/mol. The lowest BCUT2D eigenvalue weighted by Gasteiger charge is -2.26. The number of halogens is 2. The number of aliphatic carboxylic acids is 1. The van der Waals surface area contributed by atoms with E-state index in [2.05, 4.69) is 27.9 Å². The van der Waals surface area contributed by atoms with Crippen molar-refractivity contribution in [2.45, 2.75) is 25.7 Å². The van der Waals surface area contributed by atoms with Crippen LogP contribution in [0, 0.1) is 15.4 Å². The second kappa shape index (κ2) is 7.45. The normalized spacial score (nSPS) is 21.8. The summed E-state index contributed by atoms with van der Waals surface area (Å²) in [6.07, 6.45) is 3.10. The van der Waals surface area contributed by atoms with Gasteiger partial charge in [0.15, 0.2) is 0 Å². The minimum atomic E-state index is -0.703. The Balaban J connectivity index is 1.82. The number of carbonyl (C=O) groups is 2. The van der Waals surface area contributed by atoms with Crippen molar-refractivity contribution in [2.24, 2.45) is 11.8 Å². The van der Waals surface area contributed by atoms with E-state index in [0.29, 0.717) is 35.9 Å². The zero-order valence-electron chi connectivity index (χ0n) is 11.4. The first-order chi connectivity index (χ1) is 9.97. The van der Waals surface area contributed by atoms with Gasteiger partial charge in [-0.3, -0.25) is 9.59 Å². The number of amides is 1. The first kappa shape index (κ1) is 16.5. The van der Waals surface area contributed by atoms with Crippen LogP contribution < -0.4 is 5.32 Å². The second-order valence-electron chi connectivity index (χ2n) is 5.39. The summed E-state index contributed by atoms with van der Waals surface area (Å²) in [5.41, 5.74) is 0.555. The van der Waals surface area contributed by atoms with E-state index >= 15 is 0 Å². The van der Waals surface area contributed by atoms with E-state index in [1.165, 1.54) is 0 Å². The Hall–Kier alpha value is -0.820. The molecule has 1 aromatic carbocycles. The molecule has 114 valence electrons. The largest absolute Gasteiger partial charge is 0.481 e. The van der Waals surface area contributed by atoms with E-state index in [-0.39, 0.29) is 11.8 Å². The molecule has 0 heterocycles. The molecule has 4 nitrogen and oxygen atoms in total. The molecular weight excluding hydrogens is 405 g/mol. The number of rotatable bonds is 4. The Labute approximate surface area is 142 Å². The van der Waals surface area contributed by atoms with E-state index < -0.39 is 5.97 Å². The monoisotopic (exact) mass is 421 g/mol. The molecule has 2 N–H and O–H groups in total.